The first-order valence-electron chi connectivity index (χ1n) is 9.15. The van der Waals surface area contributed by atoms with Crippen molar-refractivity contribution in [3.63, 3.8) is 0 Å². The molecule has 1 aliphatic heterocycles. The molecule has 0 radical (unpaired) electrons. The minimum atomic E-state index is -3.41. The average molecular weight is 438 g/mol. The molecule has 1 saturated carbocycles. The van der Waals surface area contributed by atoms with Crippen molar-refractivity contribution < 1.29 is 17.9 Å². The fraction of sp³-hybridized carbons (Fsp3) is 0.421. The number of pyridine rings is 1. The van der Waals surface area contributed by atoms with E-state index in [2.05, 4.69) is 4.47 Å². The Morgan fingerprint density at radius 2 is 1.93 bits per heavy atom. The van der Waals surface area contributed by atoms with E-state index in [0.717, 1.165) is 12.8 Å². The van der Waals surface area contributed by atoms with Crippen LogP contribution in [-0.4, -0.2) is 40.0 Å². The van der Waals surface area contributed by atoms with Crippen LogP contribution in [0.2, 0.25) is 0 Å². The molecule has 1 unspecified atom stereocenters. The maximum Gasteiger partial charge on any atom is 0.292 e. The van der Waals surface area contributed by atoms with E-state index < -0.39 is 18.6 Å². The van der Waals surface area contributed by atoms with E-state index in [-0.39, 0.29) is 11.3 Å². The van der Waals surface area contributed by atoms with Crippen molar-refractivity contribution in [1.29, 1.82) is 0 Å². The molecule has 1 aromatic heterocycles. The molecule has 29 heavy (non-hydrogen) atoms. The van der Waals surface area contributed by atoms with E-state index in [1.807, 2.05) is 12.1 Å². The van der Waals surface area contributed by atoms with Gasteiger partial charge in [-0.25, -0.2) is 8.42 Å². The molecule has 1 fully saturated rings. The topological polar surface area (TPSA) is 90.2 Å². The van der Waals surface area contributed by atoms with Gasteiger partial charge in [0.2, 0.25) is 8.87 Å². The molecule has 2 heterocycles. The third kappa shape index (κ3) is 3.78. The van der Waals surface area contributed by atoms with Crippen LogP contribution in [-0.2, 0) is 25.6 Å². The summed E-state index contributed by atoms with van der Waals surface area (Å²) in [6.07, 6.45) is 5.20. The van der Waals surface area contributed by atoms with Crippen molar-refractivity contribution >= 4 is 24.3 Å². The molecule has 0 bridgehead atoms. The zero-order chi connectivity index (χ0) is 20.9. The molecule has 2 aliphatic rings. The number of hydrogen-bond acceptors (Lipinski definition) is 7. The van der Waals surface area contributed by atoms with Gasteiger partial charge in [-0.1, -0.05) is 0 Å². The van der Waals surface area contributed by atoms with E-state index in [9.17, 15) is 13.2 Å². The summed E-state index contributed by atoms with van der Waals surface area (Å²) in [5, 5.41) is 1.59. The van der Waals surface area contributed by atoms with Gasteiger partial charge in [0.1, 0.15) is 5.75 Å². The molecule has 0 saturated heterocycles. The van der Waals surface area contributed by atoms with Crippen LogP contribution in [0.4, 0.5) is 5.69 Å². The lowest BCUT2D eigenvalue weighted by molar-refractivity contribution is 0.301. The molecule has 1 atom stereocenters. The highest BCUT2D eigenvalue weighted by atomic mass is 33.2. The van der Waals surface area contributed by atoms with Gasteiger partial charge in [-0.15, -0.1) is 4.47 Å². The summed E-state index contributed by atoms with van der Waals surface area (Å²) in [6.45, 7) is 0.604. The van der Waals surface area contributed by atoms with Gasteiger partial charge in [0, 0.05) is 37.5 Å². The first-order valence-corrected chi connectivity index (χ1v) is 12.7. The molecule has 1 aromatic carbocycles. The molecular weight excluding hydrogens is 414 g/mol. The lowest BCUT2D eigenvalue weighted by Gasteiger charge is -2.17. The second-order valence-electron chi connectivity index (χ2n) is 7.34. The van der Waals surface area contributed by atoms with Gasteiger partial charge >= 0.3 is 0 Å². The van der Waals surface area contributed by atoms with Gasteiger partial charge in [-0.2, -0.15) is 0 Å². The summed E-state index contributed by atoms with van der Waals surface area (Å²) in [5.74, 6) is 1.40. The Balaban J connectivity index is 1.91. The Labute approximate surface area is 171 Å². The van der Waals surface area contributed by atoms with Crippen LogP contribution in [0.3, 0.4) is 0 Å². The predicted octanol–water partition coefficient (Wildman–Crippen LogP) is 2.33. The number of aromatic nitrogens is 1. The van der Waals surface area contributed by atoms with Gasteiger partial charge < -0.3 is 14.0 Å². The molecule has 1 aliphatic carbocycles. The zero-order valence-corrected chi connectivity index (χ0v) is 18.3. The van der Waals surface area contributed by atoms with Crippen LogP contribution >= 0.6 is 0 Å². The number of benzene rings is 1. The number of aryl methyl sites for hydroxylation is 1. The van der Waals surface area contributed by atoms with Gasteiger partial charge in [0.25, 0.3) is 5.56 Å². The zero-order valence-electron chi connectivity index (χ0n) is 16.7. The fourth-order valence-corrected chi connectivity index (χ4v) is 6.65. The van der Waals surface area contributed by atoms with Crippen LogP contribution < -0.4 is 20.0 Å². The maximum absolute atomic E-state index is 12.3. The van der Waals surface area contributed by atoms with Crippen LogP contribution in [0.5, 0.6) is 11.5 Å². The summed E-state index contributed by atoms with van der Waals surface area (Å²) in [4.78, 5) is 12.8. The summed E-state index contributed by atoms with van der Waals surface area (Å²) in [6, 6.07) is 5.31. The maximum atomic E-state index is 12.3. The van der Waals surface area contributed by atoms with Crippen molar-refractivity contribution in [3.05, 3.63) is 34.7 Å². The molecule has 0 amide bonds. The molecular formula is C19H23N3O5S2. The van der Waals surface area contributed by atoms with Crippen LogP contribution in [0, 0.1) is 5.92 Å². The highest BCUT2D eigenvalue weighted by Crippen LogP contribution is 2.43. The van der Waals surface area contributed by atoms with Crippen LogP contribution in [0.1, 0.15) is 12.8 Å². The highest BCUT2D eigenvalue weighted by Gasteiger charge is 2.30. The summed E-state index contributed by atoms with van der Waals surface area (Å²) >= 11 is 0. The van der Waals surface area contributed by atoms with Crippen LogP contribution in [0.25, 0.3) is 11.1 Å². The van der Waals surface area contributed by atoms with Crippen LogP contribution in [0.15, 0.2) is 38.6 Å². The van der Waals surface area contributed by atoms with E-state index in [1.165, 1.54) is 17.9 Å². The molecule has 10 heteroatoms. The predicted molar refractivity (Wildman–Crippen MR) is 113 cm³/mol. The molecule has 8 nitrogen and oxygen atoms in total. The van der Waals surface area contributed by atoms with Gasteiger partial charge in [-0.05, 0) is 30.9 Å². The first-order chi connectivity index (χ1) is 13.7. The lowest BCUT2D eigenvalue weighted by Crippen LogP contribution is -2.18. The molecule has 156 valence electrons. The number of nitrogens with zero attached hydrogens (tertiary/aromatic N) is 3. The smallest absolute Gasteiger partial charge is 0.292 e. The van der Waals surface area contributed by atoms with Crippen molar-refractivity contribution in [2.45, 2.75) is 17.7 Å². The fourth-order valence-electron chi connectivity index (χ4n) is 3.18. The van der Waals surface area contributed by atoms with E-state index in [0.29, 0.717) is 40.0 Å². The Kier molecular flexibility index (Phi) is 4.94. The number of hydrogen-bond donors (Lipinski definition) is 0. The summed E-state index contributed by atoms with van der Waals surface area (Å²) < 4.78 is 41.7. The Hall–Kier alpha value is -2.33. The monoisotopic (exact) mass is 437 g/mol. The number of anilines is 1. The van der Waals surface area contributed by atoms with E-state index >= 15 is 0 Å². The molecule has 0 N–H and O–H groups in total. The third-order valence-corrected chi connectivity index (χ3v) is 9.06. The third-order valence-electron chi connectivity index (χ3n) is 4.93. The SMILES string of the molecule is COc1cc(-c2cc3c(cc2OCC2CC2)N(C)N=S3S(C)(=O)=O)cn(C)c1=O. The second-order valence-corrected chi connectivity index (χ2v) is 12.6. The normalized spacial score (nSPS) is 18.3. The molecule has 0 spiro atoms. The van der Waals surface area contributed by atoms with Gasteiger partial charge in [0.05, 0.1) is 40.3 Å². The Bertz CT molecular complexity index is 1180. The number of fused-ring (bicyclic) bond motifs is 1. The summed E-state index contributed by atoms with van der Waals surface area (Å²) in [5.41, 5.74) is 1.89. The van der Waals surface area contributed by atoms with E-state index in [4.69, 9.17) is 9.47 Å². The number of ether oxygens (including phenoxy) is 2. The molecule has 2 aromatic rings. The average Bonchev–Trinajstić information content (AvgIpc) is 3.43. The highest BCUT2D eigenvalue weighted by molar-refractivity contribution is 8.64. The minimum absolute atomic E-state index is 0.211. The Morgan fingerprint density at radius 1 is 1.21 bits per heavy atom. The van der Waals surface area contributed by atoms with Crippen molar-refractivity contribution in [3.8, 4) is 22.6 Å². The Morgan fingerprint density at radius 3 is 2.55 bits per heavy atom. The summed E-state index contributed by atoms with van der Waals surface area (Å²) in [7, 11) is 0.132. The van der Waals surface area contributed by atoms with E-state index in [1.54, 1.807) is 31.4 Å². The van der Waals surface area contributed by atoms with Crippen molar-refractivity contribution in [2.24, 2.45) is 17.4 Å². The quantitative estimate of drug-likeness (QED) is 0.645. The van der Waals surface area contributed by atoms with Crippen molar-refractivity contribution in [1.82, 2.24) is 4.57 Å². The molecule has 4 rings (SSSR count). The van der Waals surface area contributed by atoms with Gasteiger partial charge in [-0.3, -0.25) is 9.80 Å². The van der Waals surface area contributed by atoms with Gasteiger partial charge in [0.15, 0.2) is 5.75 Å². The largest absolute Gasteiger partial charge is 0.493 e. The first kappa shape index (κ1) is 20.0. The van der Waals surface area contributed by atoms with Crippen molar-refractivity contribution in [2.75, 3.05) is 32.0 Å². The standard InChI is InChI=1S/C19H23N3O5S2/c1-21-10-13(7-17(26-3)19(21)23)14-8-18-15(9-16(14)27-11-12-5-6-12)22(2)20-28(18)29(4,24)25/h7-10,12H,5-6,11H2,1-4H3. The lowest BCUT2D eigenvalue weighted by atomic mass is 10.1. The number of methoxy groups -OCH3 is 1. The number of rotatable bonds is 6. The second kappa shape index (κ2) is 7.17. The minimum Gasteiger partial charge on any atom is -0.493 e.